The highest BCUT2D eigenvalue weighted by atomic mass is 16.2. The Morgan fingerprint density at radius 1 is 0.821 bits per heavy atom. The molecule has 2 amide bonds. The molecule has 3 aromatic rings. The number of hydrogen-bond acceptors (Lipinski definition) is 3. The molecule has 0 aliphatic rings. The lowest BCUT2D eigenvalue weighted by atomic mass is 10.1. The lowest BCUT2D eigenvalue weighted by Crippen LogP contribution is -2.26. The zero-order valence-electron chi connectivity index (χ0n) is 15.7. The quantitative estimate of drug-likeness (QED) is 0.587. The van der Waals surface area contributed by atoms with Crippen molar-refractivity contribution in [2.75, 3.05) is 17.2 Å². The Balaban J connectivity index is 1.57. The van der Waals surface area contributed by atoms with Crippen molar-refractivity contribution in [2.24, 2.45) is 0 Å². The molecule has 0 saturated heterocycles. The largest absolute Gasteiger partial charge is 0.376 e. The first-order chi connectivity index (χ1) is 13.6. The van der Waals surface area contributed by atoms with E-state index in [0.717, 1.165) is 16.8 Å². The molecule has 5 nitrogen and oxygen atoms in total. The Labute approximate surface area is 164 Å². The van der Waals surface area contributed by atoms with Crippen LogP contribution in [0.15, 0.2) is 78.9 Å². The van der Waals surface area contributed by atoms with E-state index in [4.69, 9.17) is 0 Å². The van der Waals surface area contributed by atoms with Crippen LogP contribution in [0.5, 0.6) is 0 Å². The number of hydrogen-bond donors (Lipinski definition) is 3. The van der Waals surface area contributed by atoms with Gasteiger partial charge in [0.1, 0.15) is 0 Å². The molecule has 142 valence electrons. The molecule has 5 heteroatoms. The topological polar surface area (TPSA) is 70.2 Å². The summed E-state index contributed by atoms with van der Waals surface area (Å²) in [6.45, 7) is 2.51. The summed E-state index contributed by atoms with van der Waals surface area (Å²) in [4.78, 5) is 24.7. The van der Waals surface area contributed by atoms with Crippen molar-refractivity contribution in [3.8, 4) is 0 Å². The van der Waals surface area contributed by atoms with Gasteiger partial charge in [-0.2, -0.15) is 0 Å². The van der Waals surface area contributed by atoms with Crippen LogP contribution < -0.4 is 16.0 Å². The fourth-order valence-corrected chi connectivity index (χ4v) is 2.73. The molecule has 0 unspecified atom stereocenters. The molecule has 3 N–H and O–H groups in total. The molecule has 0 fully saturated rings. The minimum atomic E-state index is -0.189. The van der Waals surface area contributed by atoms with Crippen LogP contribution in [0.2, 0.25) is 0 Å². The predicted molar refractivity (Wildman–Crippen MR) is 112 cm³/mol. The van der Waals surface area contributed by atoms with Crippen LogP contribution in [-0.2, 0) is 11.3 Å². The molecule has 0 atom stereocenters. The van der Waals surface area contributed by atoms with Gasteiger partial charge in [-0.15, -0.1) is 0 Å². The number of benzene rings is 3. The normalized spacial score (nSPS) is 10.2. The smallest absolute Gasteiger partial charge is 0.253 e. The third kappa shape index (κ3) is 5.45. The first kappa shape index (κ1) is 19.2. The van der Waals surface area contributed by atoms with Crippen LogP contribution >= 0.6 is 0 Å². The van der Waals surface area contributed by atoms with Crippen LogP contribution in [0.4, 0.5) is 11.4 Å². The maximum atomic E-state index is 12.6. The third-order valence-electron chi connectivity index (χ3n) is 4.24. The second kappa shape index (κ2) is 9.37. The maximum absolute atomic E-state index is 12.6. The Bertz CT molecular complexity index is 938. The van der Waals surface area contributed by atoms with Gasteiger partial charge in [0.05, 0.1) is 12.1 Å². The van der Waals surface area contributed by atoms with Gasteiger partial charge in [-0.05, 0) is 36.8 Å². The van der Waals surface area contributed by atoms with Gasteiger partial charge in [0, 0.05) is 17.9 Å². The molecule has 0 saturated carbocycles. The summed E-state index contributed by atoms with van der Waals surface area (Å²) < 4.78 is 0. The van der Waals surface area contributed by atoms with E-state index in [1.54, 1.807) is 18.2 Å². The fourth-order valence-electron chi connectivity index (χ4n) is 2.73. The standard InChI is InChI=1S/C23H23N3O2/c1-17-11-13-19(14-12-17)26-22(27)16-24-21-10-6-5-9-20(21)23(28)25-15-18-7-3-2-4-8-18/h2-14,24H,15-16H2,1H3,(H,25,28)(H,26,27). The van der Waals surface area contributed by atoms with Crippen LogP contribution in [0.1, 0.15) is 21.5 Å². The van der Waals surface area contributed by atoms with Crippen LogP contribution in [-0.4, -0.2) is 18.4 Å². The summed E-state index contributed by atoms with van der Waals surface area (Å²) in [5.74, 6) is -0.366. The summed E-state index contributed by atoms with van der Waals surface area (Å²) in [5.41, 5.74) is 4.02. The van der Waals surface area contributed by atoms with E-state index < -0.39 is 0 Å². The number of nitrogens with one attached hydrogen (secondary N) is 3. The van der Waals surface area contributed by atoms with E-state index in [1.165, 1.54) is 0 Å². The fraction of sp³-hybridized carbons (Fsp3) is 0.130. The Hall–Kier alpha value is -3.60. The zero-order chi connectivity index (χ0) is 19.8. The molecular weight excluding hydrogens is 350 g/mol. The molecular formula is C23H23N3O2. The van der Waals surface area contributed by atoms with Crippen LogP contribution in [0.3, 0.4) is 0 Å². The van der Waals surface area contributed by atoms with E-state index in [1.807, 2.05) is 67.6 Å². The molecule has 0 bridgehead atoms. The van der Waals surface area contributed by atoms with Gasteiger partial charge < -0.3 is 16.0 Å². The van der Waals surface area contributed by atoms with Crippen molar-refractivity contribution in [3.05, 3.63) is 95.6 Å². The maximum Gasteiger partial charge on any atom is 0.253 e. The van der Waals surface area contributed by atoms with Crippen molar-refractivity contribution in [1.29, 1.82) is 0 Å². The number of rotatable bonds is 7. The second-order valence-electron chi connectivity index (χ2n) is 6.48. The minimum Gasteiger partial charge on any atom is -0.376 e. The first-order valence-corrected chi connectivity index (χ1v) is 9.13. The Morgan fingerprint density at radius 2 is 1.50 bits per heavy atom. The van der Waals surface area contributed by atoms with E-state index in [-0.39, 0.29) is 18.4 Å². The Morgan fingerprint density at radius 3 is 2.25 bits per heavy atom. The summed E-state index contributed by atoms with van der Waals surface area (Å²) >= 11 is 0. The molecule has 0 spiro atoms. The van der Waals surface area contributed by atoms with Crippen LogP contribution in [0, 0.1) is 6.92 Å². The monoisotopic (exact) mass is 373 g/mol. The number of carbonyl (C=O) groups is 2. The highest BCUT2D eigenvalue weighted by Gasteiger charge is 2.11. The third-order valence-corrected chi connectivity index (χ3v) is 4.24. The second-order valence-corrected chi connectivity index (χ2v) is 6.48. The molecule has 0 aliphatic heterocycles. The SMILES string of the molecule is Cc1ccc(NC(=O)CNc2ccccc2C(=O)NCc2ccccc2)cc1. The van der Waals surface area contributed by atoms with Gasteiger partial charge in [-0.1, -0.05) is 60.2 Å². The number of anilines is 2. The molecule has 3 aromatic carbocycles. The van der Waals surface area contributed by atoms with Crippen molar-refractivity contribution >= 4 is 23.2 Å². The van der Waals surface area contributed by atoms with E-state index in [2.05, 4.69) is 16.0 Å². The number of para-hydroxylation sites is 1. The van der Waals surface area contributed by atoms with Gasteiger partial charge >= 0.3 is 0 Å². The summed E-state index contributed by atoms with van der Waals surface area (Å²) in [7, 11) is 0. The summed E-state index contributed by atoms with van der Waals surface area (Å²) in [5, 5.41) is 8.79. The van der Waals surface area contributed by atoms with Gasteiger partial charge in [0.15, 0.2) is 0 Å². The van der Waals surface area contributed by atoms with E-state index in [0.29, 0.717) is 17.8 Å². The molecule has 0 heterocycles. The van der Waals surface area contributed by atoms with Gasteiger partial charge in [0.2, 0.25) is 5.91 Å². The zero-order valence-corrected chi connectivity index (χ0v) is 15.7. The van der Waals surface area contributed by atoms with Gasteiger partial charge in [-0.25, -0.2) is 0 Å². The highest BCUT2D eigenvalue weighted by Crippen LogP contribution is 2.15. The average Bonchev–Trinajstić information content (AvgIpc) is 2.73. The minimum absolute atomic E-state index is 0.0663. The van der Waals surface area contributed by atoms with Gasteiger partial charge in [0.25, 0.3) is 5.91 Å². The summed E-state index contributed by atoms with van der Waals surface area (Å²) in [6, 6.07) is 24.5. The van der Waals surface area contributed by atoms with Crippen molar-refractivity contribution < 1.29 is 9.59 Å². The molecule has 3 rings (SSSR count). The number of carbonyl (C=O) groups excluding carboxylic acids is 2. The number of amides is 2. The predicted octanol–water partition coefficient (Wildman–Crippen LogP) is 3.98. The highest BCUT2D eigenvalue weighted by molar-refractivity contribution is 6.00. The summed E-state index contributed by atoms with van der Waals surface area (Å²) in [6.07, 6.45) is 0. The molecule has 0 radical (unpaired) electrons. The average molecular weight is 373 g/mol. The molecule has 0 aromatic heterocycles. The Kier molecular flexibility index (Phi) is 6.41. The van der Waals surface area contributed by atoms with Crippen molar-refractivity contribution in [1.82, 2.24) is 5.32 Å². The van der Waals surface area contributed by atoms with Crippen molar-refractivity contribution in [2.45, 2.75) is 13.5 Å². The first-order valence-electron chi connectivity index (χ1n) is 9.13. The van der Waals surface area contributed by atoms with E-state index >= 15 is 0 Å². The van der Waals surface area contributed by atoms with Crippen molar-refractivity contribution in [3.63, 3.8) is 0 Å². The molecule has 28 heavy (non-hydrogen) atoms. The number of aryl methyl sites for hydroxylation is 1. The van der Waals surface area contributed by atoms with Crippen LogP contribution in [0.25, 0.3) is 0 Å². The molecule has 0 aliphatic carbocycles. The lowest BCUT2D eigenvalue weighted by Gasteiger charge is -2.12. The van der Waals surface area contributed by atoms with E-state index in [9.17, 15) is 9.59 Å². The lowest BCUT2D eigenvalue weighted by molar-refractivity contribution is -0.114. The van der Waals surface area contributed by atoms with Gasteiger partial charge in [-0.3, -0.25) is 9.59 Å².